The topological polar surface area (TPSA) is 47.6 Å². The number of rotatable bonds is 6. The number of hydrogen-bond acceptors (Lipinski definition) is 3. The van der Waals surface area contributed by atoms with E-state index in [2.05, 4.69) is 5.32 Å². The zero-order valence-electron chi connectivity index (χ0n) is 13.0. The zero-order chi connectivity index (χ0) is 15.1. The van der Waals surface area contributed by atoms with Gasteiger partial charge in [-0.2, -0.15) is 0 Å². The number of carbonyl (C=O) groups excluding carboxylic acids is 1. The van der Waals surface area contributed by atoms with Crippen LogP contribution >= 0.6 is 0 Å². The number of methoxy groups -OCH3 is 2. The maximum absolute atomic E-state index is 12.1. The minimum absolute atomic E-state index is 0.0483. The predicted molar refractivity (Wildman–Crippen MR) is 82.8 cm³/mol. The molecule has 0 heterocycles. The second-order valence-electron chi connectivity index (χ2n) is 5.66. The first-order valence-electron chi connectivity index (χ1n) is 7.70. The first kappa shape index (κ1) is 15.7. The molecule has 0 saturated heterocycles. The van der Waals surface area contributed by atoms with Gasteiger partial charge in [-0.3, -0.25) is 4.79 Å². The molecule has 1 fully saturated rings. The summed E-state index contributed by atoms with van der Waals surface area (Å²) >= 11 is 0. The molecule has 2 rings (SSSR count). The number of ether oxygens (including phenoxy) is 2. The standard InChI is InChI=1S/C17H25NO3/c1-20-15-8-9-16(21-2)14(10-15)11-17(19)18-12-13-6-4-3-5-7-13/h8-10,13H,3-7,11-12H2,1-2H3,(H,18,19). The predicted octanol–water partition coefficient (Wildman–Crippen LogP) is 2.94. The summed E-state index contributed by atoms with van der Waals surface area (Å²) in [6.07, 6.45) is 6.73. The van der Waals surface area contributed by atoms with Crippen LogP contribution in [0.1, 0.15) is 37.7 Å². The van der Waals surface area contributed by atoms with Crippen molar-refractivity contribution in [1.29, 1.82) is 0 Å². The van der Waals surface area contributed by atoms with E-state index in [1.165, 1.54) is 32.1 Å². The molecular formula is C17H25NO3. The average Bonchev–Trinajstić information content (AvgIpc) is 2.54. The molecule has 4 nitrogen and oxygen atoms in total. The van der Waals surface area contributed by atoms with E-state index >= 15 is 0 Å². The number of carbonyl (C=O) groups is 1. The molecule has 1 aromatic rings. The third-order valence-electron chi connectivity index (χ3n) is 4.15. The highest BCUT2D eigenvalue weighted by Crippen LogP contribution is 2.25. The molecule has 0 atom stereocenters. The monoisotopic (exact) mass is 291 g/mol. The van der Waals surface area contributed by atoms with Gasteiger partial charge in [-0.15, -0.1) is 0 Å². The molecule has 1 aliphatic rings. The maximum Gasteiger partial charge on any atom is 0.224 e. The summed E-state index contributed by atoms with van der Waals surface area (Å²) in [6.45, 7) is 0.797. The van der Waals surface area contributed by atoms with Crippen molar-refractivity contribution in [3.63, 3.8) is 0 Å². The van der Waals surface area contributed by atoms with Crippen LogP contribution in [0.25, 0.3) is 0 Å². The van der Waals surface area contributed by atoms with E-state index < -0.39 is 0 Å². The fraction of sp³-hybridized carbons (Fsp3) is 0.588. The SMILES string of the molecule is COc1ccc(OC)c(CC(=O)NCC2CCCCC2)c1. The molecule has 21 heavy (non-hydrogen) atoms. The van der Waals surface area contributed by atoms with Crippen molar-refractivity contribution in [3.8, 4) is 11.5 Å². The molecule has 0 aromatic heterocycles. The van der Waals surface area contributed by atoms with Crippen LogP contribution in [-0.2, 0) is 11.2 Å². The Morgan fingerprint density at radius 2 is 1.95 bits per heavy atom. The quantitative estimate of drug-likeness (QED) is 0.876. The lowest BCUT2D eigenvalue weighted by molar-refractivity contribution is -0.120. The first-order chi connectivity index (χ1) is 10.2. The van der Waals surface area contributed by atoms with Gasteiger partial charge in [-0.05, 0) is 37.0 Å². The molecule has 0 spiro atoms. The summed E-state index contributed by atoms with van der Waals surface area (Å²) in [4.78, 5) is 12.1. The third-order valence-corrected chi connectivity index (χ3v) is 4.15. The summed E-state index contributed by atoms with van der Waals surface area (Å²) in [7, 11) is 3.24. The highest BCUT2D eigenvalue weighted by Gasteiger charge is 2.15. The fourth-order valence-corrected chi connectivity index (χ4v) is 2.90. The van der Waals surface area contributed by atoms with Gasteiger partial charge in [0.1, 0.15) is 11.5 Å². The highest BCUT2D eigenvalue weighted by molar-refractivity contribution is 5.79. The van der Waals surface area contributed by atoms with E-state index in [1.54, 1.807) is 14.2 Å². The average molecular weight is 291 g/mol. The minimum Gasteiger partial charge on any atom is -0.497 e. The minimum atomic E-state index is 0.0483. The second kappa shape index (κ2) is 7.91. The van der Waals surface area contributed by atoms with E-state index in [1.807, 2.05) is 18.2 Å². The number of benzene rings is 1. The Morgan fingerprint density at radius 1 is 1.19 bits per heavy atom. The van der Waals surface area contributed by atoms with Crippen LogP contribution in [0.5, 0.6) is 11.5 Å². The van der Waals surface area contributed by atoms with Gasteiger partial charge in [0.2, 0.25) is 5.91 Å². The van der Waals surface area contributed by atoms with Crippen LogP contribution in [0.3, 0.4) is 0 Å². The number of nitrogens with one attached hydrogen (secondary N) is 1. The van der Waals surface area contributed by atoms with Crippen LogP contribution < -0.4 is 14.8 Å². The van der Waals surface area contributed by atoms with E-state index in [0.29, 0.717) is 12.3 Å². The smallest absolute Gasteiger partial charge is 0.224 e. The third kappa shape index (κ3) is 4.66. The number of hydrogen-bond donors (Lipinski definition) is 1. The summed E-state index contributed by atoms with van der Waals surface area (Å²) < 4.78 is 10.5. The lowest BCUT2D eigenvalue weighted by Crippen LogP contribution is -2.31. The van der Waals surface area contributed by atoms with E-state index in [4.69, 9.17) is 9.47 Å². The molecule has 4 heteroatoms. The molecule has 0 unspecified atom stereocenters. The largest absolute Gasteiger partial charge is 0.497 e. The Labute approximate surface area is 126 Å². The molecule has 1 aliphatic carbocycles. The van der Waals surface area contributed by atoms with Crippen molar-refractivity contribution < 1.29 is 14.3 Å². The zero-order valence-corrected chi connectivity index (χ0v) is 13.0. The summed E-state index contributed by atoms with van der Waals surface area (Å²) in [5.41, 5.74) is 0.859. The van der Waals surface area contributed by atoms with Crippen LogP contribution in [-0.4, -0.2) is 26.7 Å². The molecule has 0 bridgehead atoms. The second-order valence-corrected chi connectivity index (χ2v) is 5.66. The first-order valence-corrected chi connectivity index (χ1v) is 7.70. The van der Waals surface area contributed by atoms with Gasteiger partial charge in [-0.25, -0.2) is 0 Å². The summed E-state index contributed by atoms with van der Waals surface area (Å²) in [5.74, 6) is 2.16. The van der Waals surface area contributed by atoms with E-state index in [9.17, 15) is 4.79 Å². The molecule has 116 valence electrons. The summed E-state index contributed by atoms with van der Waals surface area (Å²) in [6, 6.07) is 5.53. The van der Waals surface area contributed by atoms with Gasteiger partial charge in [0.05, 0.1) is 20.6 Å². The van der Waals surface area contributed by atoms with Gasteiger partial charge in [0.15, 0.2) is 0 Å². The lowest BCUT2D eigenvalue weighted by Gasteiger charge is -2.21. The van der Waals surface area contributed by atoms with E-state index in [0.717, 1.165) is 23.6 Å². The molecule has 1 aromatic carbocycles. The van der Waals surface area contributed by atoms with Crippen molar-refractivity contribution >= 4 is 5.91 Å². The Morgan fingerprint density at radius 3 is 2.62 bits per heavy atom. The Kier molecular flexibility index (Phi) is 5.90. The van der Waals surface area contributed by atoms with Crippen molar-refractivity contribution in [1.82, 2.24) is 5.32 Å². The Bertz CT molecular complexity index is 467. The van der Waals surface area contributed by atoms with Crippen molar-refractivity contribution in [3.05, 3.63) is 23.8 Å². The van der Waals surface area contributed by atoms with Gasteiger partial charge in [0.25, 0.3) is 0 Å². The molecular weight excluding hydrogens is 266 g/mol. The van der Waals surface area contributed by atoms with Crippen molar-refractivity contribution in [2.24, 2.45) is 5.92 Å². The molecule has 1 N–H and O–H groups in total. The lowest BCUT2D eigenvalue weighted by atomic mass is 9.89. The highest BCUT2D eigenvalue weighted by atomic mass is 16.5. The van der Waals surface area contributed by atoms with Crippen molar-refractivity contribution in [2.45, 2.75) is 38.5 Å². The number of amides is 1. The van der Waals surface area contributed by atoms with Gasteiger partial charge >= 0.3 is 0 Å². The van der Waals surface area contributed by atoms with Gasteiger partial charge in [-0.1, -0.05) is 19.3 Å². The molecule has 1 amide bonds. The Hall–Kier alpha value is -1.71. The van der Waals surface area contributed by atoms with Gasteiger partial charge < -0.3 is 14.8 Å². The van der Waals surface area contributed by atoms with Gasteiger partial charge in [0, 0.05) is 12.1 Å². The summed E-state index contributed by atoms with van der Waals surface area (Å²) in [5, 5.41) is 3.05. The normalized spacial score (nSPS) is 15.5. The van der Waals surface area contributed by atoms with Crippen LogP contribution in [0.2, 0.25) is 0 Å². The van der Waals surface area contributed by atoms with Crippen LogP contribution in [0, 0.1) is 5.92 Å². The maximum atomic E-state index is 12.1. The fourth-order valence-electron chi connectivity index (χ4n) is 2.90. The van der Waals surface area contributed by atoms with Crippen molar-refractivity contribution in [2.75, 3.05) is 20.8 Å². The molecule has 1 saturated carbocycles. The Balaban J connectivity index is 1.89. The molecule has 0 aliphatic heterocycles. The molecule has 0 radical (unpaired) electrons. The van der Waals surface area contributed by atoms with Crippen LogP contribution in [0.4, 0.5) is 0 Å². The van der Waals surface area contributed by atoms with E-state index in [-0.39, 0.29) is 5.91 Å². The van der Waals surface area contributed by atoms with Crippen LogP contribution in [0.15, 0.2) is 18.2 Å².